The Hall–Kier alpha value is -0.650. The summed E-state index contributed by atoms with van der Waals surface area (Å²) < 4.78 is 0. The van der Waals surface area contributed by atoms with Crippen LogP contribution in [0, 0.1) is 0 Å². The number of hydrogen-bond acceptors (Lipinski definition) is 4. The lowest BCUT2D eigenvalue weighted by atomic mass is 10.0. The van der Waals surface area contributed by atoms with Gasteiger partial charge < -0.3 is 20.6 Å². The SMILES string of the molecule is CCCCCCCCCCCCCCCCCCCCCCCCCCCCCCCC(O)CC(=O)NC(CO)C(O)CCCCCCCCCCCCCCCCCCCCCCCCCC. The van der Waals surface area contributed by atoms with Gasteiger partial charge in [0.2, 0.25) is 5.91 Å². The van der Waals surface area contributed by atoms with Gasteiger partial charge in [-0.2, -0.15) is 0 Å². The molecule has 0 saturated carbocycles. The first-order valence-electron chi connectivity index (χ1n) is 31.8. The molecule has 0 fully saturated rings. The lowest BCUT2D eigenvalue weighted by Gasteiger charge is -2.23. The first kappa shape index (κ1) is 67.3. The minimum Gasteiger partial charge on any atom is -0.394 e. The van der Waals surface area contributed by atoms with E-state index in [1.165, 1.54) is 315 Å². The Morgan fingerprint density at radius 1 is 0.309 bits per heavy atom. The van der Waals surface area contributed by atoms with Crippen LogP contribution in [0.4, 0.5) is 0 Å². The van der Waals surface area contributed by atoms with Crippen LogP contribution in [-0.4, -0.2) is 46.1 Å². The summed E-state index contributed by atoms with van der Waals surface area (Å²) in [6.07, 6.45) is 72.9. The van der Waals surface area contributed by atoms with Crippen LogP contribution in [0.5, 0.6) is 0 Å². The molecule has 0 aromatic carbocycles. The Balaban J connectivity index is 3.45. The molecule has 1 amide bonds. The Morgan fingerprint density at radius 2 is 0.500 bits per heavy atom. The lowest BCUT2D eigenvalue weighted by Crippen LogP contribution is -2.46. The topological polar surface area (TPSA) is 89.8 Å². The van der Waals surface area contributed by atoms with Gasteiger partial charge in [0.15, 0.2) is 0 Å². The molecule has 0 aromatic heterocycles. The van der Waals surface area contributed by atoms with Crippen LogP contribution in [-0.2, 0) is 4.79 Å². The van der Waals surface area contributed by atoms with Crippen LogP contribution < -0.4 is 5.32 Å². The zero-order valence-corrected chi connectivity index (χ0v) is 46.8. The maximum atomic E-state index is 12.6. The molecule has 0 aliphatic carbocycles. The second kappa shape index (κ2) is 58.9. The molecule has 4 N–H and O–H groups in total. The highest BCUT2D eigenvalue weighted by Gasteiger charge is 2.21. The second-order valence-corrected chi connectivity index (χ2v) is 22.4. The van der Waals surface area contributed by atoms with Crippen molar-refractivity contribution in [2.75, 3.05) is 6.61 Å². The standard InChI is InChI=1S/C63H127NO4/c1-3-5-7-9-11-13-15-17-19-21-23-25-27-29-30-31-32-33-34-36-38-40-42-44-46-48-50-52-54-56-60(66)58-63(68)64-61(59-65)62(67)57-55-53-51-49-47-45-43-41-39-37-35-28-26-24-22-20-18-16-14-12-10-8-6-4-2/h60-62,65-67H,3-59H2,1-2H3,(H,64,68). The van der Waals surface area contributed by atoms with E-state index in [4.69, 9.17) is 0 Å². The molecule has 5 nitrogen and oxygen atoms in total. The summed E-state index contributed by atoms with van der Waals surface area (Å²) in [6, 6.07) is -0.655. The van der Waals surface area contributed by atoms with Crippen LogP contribution >= 0.6 is 0 Å². The number of unbranched alkanes of at least 4 members (excludes halogenated alkanes) is 51. The molecule has 68 heavy (non-hydrogen) atoms. The van der Waals surface area contributed by atoms with Gasteiger partial charge in [-0.1, -0.05) is 354 Å². The van der Waals surface area contributed by atoms with E-state index in [0.717, 1.165) is 25.7 Å². The molecule has 0 saturated heterocycles. The van der Waals surface area contributed by atoms with Crippen molar-refractivity contribution in [3.63, 3.8) is 0 Å². The quantitative estimate of drug-likeness (QED) is 0.0457. The number of rotatable bonds is 60. The molecular weight excluding hydrogens is 835 g/mol. The lowest BCUT2D eigenvalue weighted by molar-refractivity contribution is -0.125. The fraction of sp³-hybridized carbons (Fsp3) is 0.984. The van der Waals surface area contributed by atoms with Gasteiger partial charge in [0.1, 0.15) is 0 Å². The molecule has 5 heteroatoms. The maximum absolute atomic E-state index is 12.6. The number of aliphatic hydroxyl groups is 3. The predicted molar refractivity (Wildman–Crippen MR) is 301 cm³/mol. The highest BCUT2D eigenvalue weighted by molar-refractivity contribution is 5.76. The molecule has 0 rings (SSSR count). The highest BCUT2D eigenvalue weighted by atomic mass is 16.3. The van der Waals surface area contributed by atoms with Crippen LogP contribution in [0.1, 0.15) is 373 Å². The Labute approximate surface area is 427 Å². The van der Waals surface area contributed by atoms with Crippen molar-refractivity contribution >= 4 is 5.91 Å². The second-order valence-electron chi connectivity index (χ2n) is 22.4. The summed E-state index contributed by atoms with van der Waals surface area (Å²) in [7, 11) is 0. The Bertz CT molecular complexity index is 929. The Morgan fingerprint density at radius 3 is 0.706 bits per heavy atom. The molecule has 3 atom stereocenters. The zero-order valence-electron chi connectivity index (χ0n) is 46.8. The summed E-state index contributed by atoms with van der Waals surface area (Å²) in [5.74, 6) is -0.273. The minimum absolute atomic E-state index is 0.0439. The number of carbonyl (C=O) groups is 1. The molecular formula is C63H127NO4. The van der Waals surface area contributed by atoms with Gasteiger partial charge in [-0.3, -0.25) is 4.79 Å². The van der Waals surface area contributed by atoms with Crippen molar-refractivity contribution < 1.29 is 20.1 Å². The van der Waals surface area contributed by atoms with Crippen molar-refractivity contribution in [3.05, 3.63) is 0 Å². The molecule has 408 valence electrons. The number of aliphatic hydroxyl groups excluding tert-OH is 3. The van der Waals surface area contributed by atoms with E-state index >= 15 is 0 Å². The largest absolute Gasteiger partial charge is 0.394 e. The fourth-order valence-corrected chi connectivity index (χ4v) is 10.6. The first-order chi connectivity index (χ1) is 33.5. The first-order valence-corrected chi connectivity index (χ1v) is 31.8. The summed E-state index contributed by atoms with van der Waals surface area (Å²) in [5, 5.41) is 33.8. The van der Waals surface area contributed by atoms with Crippen molar-refractivity contribution in [1.82, 2.24) is 5.32 Å². The van der Waals surface area contributed by atoms with Crippen LogP contribution in [0.25, 0.3) is 0 Å². The smallest absolute Gasteiger partial charge is 0.222 e. The zero-order chi connectivity index (χ0) is 49.3. The average molecular weight is 963 g/mol. The number of amides is 1. The van der Waals surface area contributed by atoms with E-state index < -0.39 is 18.2 Å². The summed E-state index contributed by atoms with van der Waals surface area (Å²) in [6.45, 7) is 4.32. The summed E-state index contributed by atoms with van der Waals surface area (Å²) >= 11 is 0. The molecule has 0 aliphatic heterocycles. The van der Waals surface area contributed by atoms with E-state index in [-0.39, 0.29) is 18.9 Å². The van der Waals surface area contributed by atoms with Crippen molar-refractivity contribution in [3.8, 4) is 0 Å². The van der Waals surface area contributed by atoms with Gasteiger partial charge in [0, 0.05) is 0 Å². The summed E-state index contributed by atoms with van der Waals surface area (Å²) in [5.41, 5.74) is 0. The van der Waals surface area contributed by atoms with Gasteiger partial charge in [-0.05, 0) is 12.8 Å². The molecule has 0 radical (unpaired) electrons. The molecule has 0 spiro atoms. The van der Waals surface area contributed by atoms with Crippen molar-refractivity contribution in [1.29, 1.82) is 0 Å². The normalized spacial score (nSPS) is 13.1. The van der Waals surface area contributed by atoms with Crippen LogP contribution in [0.3, 0.4) is 0 Å². The van der Waals surface area contributed by atoms with Gasteiger partial charge in [0.05, 0.1) is 31.3 Å². The van der Waals surface area contributed by atoms with Gasteiger partial charge in [0.25, 0.3) is 0 Å². The number of nitrogens with one attached hydrogen (secondary N) is 1. The molecule has 0 aliphatic rings. The average Bonchev–Trinajstić information content (AvgIpc) is 3.33. The number of hydrogen-bond donors (Lipinski definition) is 4. The van der Waals surface area contributed by atoms with Crippen LogP contribution in [0.2, 0.25) is 0 Å². The number of carbonyl (C=O) groups excluding carboxylic acids is 1. The van der Waals surface area contributed by atoms with E-state index in [1.807, 2.05) is 0 Å². The van der Waals surface area contributed by atoms with Gasteiger partial charge in [-0.15, -0.1) is 0 Å². The maximum Gasteiger partial charge on any atom is 0.222 e. The van der Waals surface area contributed by atoms with Gasteiger partial charge in [-0.25, -0.2) is 0 Å². The van der Waals surface area contributed by atoms with Crippen LogP contribution in [0.15, 0.2) is 0 Å². The molecule has 0 bridgehead atoms. The third-order valence-electron chi connectivity index (χ3n) is 15.4. The monoisotopic (exact) mass is 962 g/mol. The highest BCUT2D eigenvalue weighted by Crippen LogP contribution is 2.19. The van der Waals surface area contributed by atoms with E-state index in [1.54, 1.807) is 0 Å². The van der Waals surface area contributed by atoms with E-state index in [0.29, 0.717) is 12.8 Å². The Kier molecular flexibility index (Phi) is 58.4. The van der Waals surface area contributed by atoms with E-state index in [2.05, 4.69) is 19.2 Å². The molecule has 0 aromatic rings. The van der Waals surface area contributed by atoms with E-state index in [9.17, 15) is 20.1 Å². The van der Waals surface area contributed by atoms with Gasteiger partial charge >= 0.3 is 0 Å². The third-order valence-corrected chi connectivity index (χ3v) is 15.4. The summed E-state index contributed by atoms with van der Waals surface area (Å²) in [4.78, 5) is 12.6. The third kappa shape index (κ3) is 54.7. The van der Waals surface area contributed by atoms with Crippen molar-refractivity contribution in [2.45, 2.75) is 392 Å². The molecule has 0 heterocycles. The van der Waals surface area contributed by atoms with Crippen molar-refractivity contribution in [2.24, 2.45) is 0 Å². The molecule has 3 unspecified atom stereocenters. The predicted octanol–water partition coefficient (Wildman–Crippen LogP) is 20.1. The minimum atomic E-state index is -0.746. The fourth-order valence-electron chi connectivity index (χ4n) is 10.6.